The quantitative estimate of drug-likeness (QED) is 0.352. The molecule has 5 nitrogen and oxygen atoms in total. The fraction of sp³-hybridized carbons (Fsp3) is 0.500. The van der Waals surface area contributed by atoms with E-state index in [1.165, 1.54) is 12.1 Å². The Kier molecular flexibility index (Phi) is 9.15. The highest BCUT2D eigenvalue weighted by atomic mass is 32.2. The highest BCUT2D eigenvalue weighted by Gasteiger charge is 2.30. The molecule has 2 rings (SSSR count). The lowest BCUT2D eigenvalue weighted by Gasteiger charge is -2.21. The van der Waals surface area contributed by atoms with E-state index in [9.17, 15) is 26.4 Å². The smallest absolute Gasteiger partial charge is 0.416 e. The SMILES string of the molecule is O=C(O)CCCC=CCC1=C(NS(=O)(=O)CCc2ccc(C(F)(F)F)cc2)CCCC1. The number of halogens is 3. The van der Waals surface area contributed by atoms with Crippen LogP contribution < -0.4 is 4.72 Å². The van der Waals surface area contributed by atoms with Crippen LogP contribution in [-0.2, 0) is 27.4 Å². The highest BCUT2D eigenvalue weighted by molar-refractivity contribution is 7.89. The average molecular weight is 460 g/mol. The molecule has 0 saturated carbocycles. The molecule has 0 unspecified atom stereocenters. The van der Waals surface area contributed by atoms with Crippen molar-refractivity contribution in [3.05, 3.63) is 58.8 Å². The van der Waals surface area contributed by atoms with E-state index < -0.39 is 27.7 Å². The van der Waals surface area contributed by atoms with Gasteiger partial charge in [-0.2, -0.15) is 13.2 Å². The van der Waals surface area contributed by atoms with E-state index in [0.29, 0.717) is 36.9 Å². The van der Waals surface area contributed by atoms with Crippen molar-refractivity contribution in [3.8, 4) is 0 Å². The van der Waals surface area contributed by atoms with Gasteiger partial charge in [0.15, 0.2) is 0 Å². The maximum atomic E-state index is 12.6. The number of hydrogen-bond acceptors (Lipinski definition) is 3. The Hall–Kier alpha value is -2.29. The van der Waals surface area contributed by atoms with Gasteiger partial charge in [-0.25, -0.2) is 8.42 Å². The van der Waals surface area contributed by atoms with Crippen molar-refractivity contribution in [2.75, 3.05) is 5.75 Å². The molecule has 1 aromatic rings. The summed E-state index contributed by atoms with van der Waals surface area (Å²) in [7, 11) is -3.62. The largest absolute Gasteiger partial charge is 0.481 e. The van der Waals surface area contributed by atoms with Gasteiger partial charge in [-0.15, -0.1) is 0 Å². The van der Waals surface area contributed by atoms with Gasteiger partial charge in [0.25, 0.3) is 0 Å². The van der Waals surface area contributed by atoms with Gasteiger partial charge in [0.1, 0.15) is 0 Å². The van der Waals surface area contributed by atoms with Crippen LogP contribution in [0.4, 0.5) is 13.2 Å². The number of carbonyl (C=O) groups is 1. The fourth-order valence-corrected chi connectivity index (χ4v) is 4.61. The molecule has 1 aliphatic carbocycles. The fourth-order valence-electron chi connectivity index (χ4n) is 3.38. The average Bonchev–Trinajstić information content (AvgIpc) is 2.69. The number of benzene rings is 1. The predicted molar refractivity (Wildman–Crippen MR) is 113 cm³/mol. The molecule has 0 heterocycles. The first kappa shape index (κ1) is 25.0. The summed E-state index contributed by atoms with van der Waals surface area (Å²) in [6.07, 6.45) is 4.85. The number of hydrogen-bond donors (Lipinski definition) is 2. The minimum atomic E-state index is -4.42. The molecule has 0 radical (unpaired) electrons. The zero-order chi connectivity index (χ0) is 22.9. The number of carboxylic acid groups (broad SMARTS) is 1. The second-order valence-electron chi connectivity index (χ2n) is 7.62. The summed E-state index contributed by atoms with van der Waals surface area (Å²) in [5.41, 5.74) is 1.50. The van der Waals surface area contributed by atoms with Crippen LogP contribution in [0.2, 0.25) is 0 Å². The molecule has 0 fully saturated rings. The standard InChI is InChI=1S/C22H28F3NO4S/c23-22(24,25)19-13-11-17(12-14-19)15-16-31(29,30)26-20-9-6-5-8-18(20)7-3-1-2-4-10-21(27)28/h1,3,11-14,26H,2,4-10,15-16H2,(H,27,28). The zero-order valence-corrected chi connectivity index (χ0v) is 18.1. The monoisotopic (exact) mass is 459 g/mol. The van der Waals surface area contributed by atoms with Crippen LogP contribution in [0.25, 0.3) is 0 Å². The van der Waals surface area contributed by atoms with Gasteiger partial charge < -0.3 is 5.11 Å². The summed E-state index contributed by atoms with van der Waals surface area (Å²) in [5, 5.41) is 8.64. The lowest BCUT2D eigenvalue weighted by Crippen LogP contribution is -2.28. The third-order valence-corrected chi connectivity index (χ3v) is 6.39. The van der Waals surface area contributed by atoms with Crippen molar-refractivity contribution in [3.63, 3.8) is 0 Å². The van der Waals surface area contributed by atoms with E-state index in [1.54, 1.807) is 0 Å². The van der Waals surface area contributed by atoms with Crippen LogP contribution in [0.3, 0.4) is 0 Å². The van der Waals surface area contributed by atoms with Crippen LogP contribution >= 0.6 is 0 Å². The van der Waals surface area contributed by atoms with Gasteiger partial charge in [0.2, 0.25) is 10.0 Å². The number of allylic oxidation sites excluding steroid dienone is 4. The van der Waals surface area contributed by atoms with Crippen LogP contribution in [0.15, 0.2) is 47.7 Å². The summed E-state index contributed by atoms with van der Waals surface area (Å²) >= 11 is 0. The number of rotatable bonds is 11. The van der Waals surface area contributed by atoms with Gasteiger partial charge in [-0.05, 0) is 74.6 Å². The lowest BCUT2D eigenvalue weighted by molar-refractivity contribution is -0.138. The molecule has 9 heteroatoms. The van der Waals surface area contributed by atoms with E-state index in [4.69, 9.17) is 5.11 Å². The Morgan fingerprint density at radius 2 is 1.77 bits per heavy atom. The molecular formula is C22H28F3NO4S. The molecule has 2 N–H and O–H groups in total. The first-order valence-corrected chi connectivity index (χ1v) is 12.0. The van der Waals surface area contributed by atoms with Gasteiger partial charge in [0.05, 0.1) is 11.3 Å². The van der Waals surface area contributed by atoms with Crippen molar-refractivity contribution < 1.29 is 31.5 Å². The molecule has 0 bridgehead atoms. The van der Waals surface area contributed by atoms with E-state index >= 15 is 0 Å². The minimum absolute atomic E-state index is 0.122. The van der Waals surface area contributed by atoms with Gasteiger partial charge in [0, 0.05) is 12.1 Å². The van der Waals surface area contributed by atoms with Crippen LogP contribution in [-0.4, -0.2) is 25.2 Å². The van der Waals surface area contributed by atoms with Gasteiger partial charge in [-0.3, -0.25) is 9.52 Å². The topological polar surface area (TPSA) is 83.5 Å². The van der Waals surface area contributed by atoms with E-state index in [-0.39, 0.29) is 18.6 Å². The van der Waals surface area contributed by atoms with Crippen LogP contribution in [0.5, 0.6) is 0 Å². The zero-order valence-electron chi connectivity index (χ0n) is 17.2. The summed E-state index contributed by atoms with van der Waals surface area (Å²) in [6, 6.07) is 4.53. The van der Waals surface area contributed by atoms with E-state index in [0.717, 1.165) is 37.0 Å². The van der Waals surface area contributed by atoms with Crippen molar-refractivity contribution in [2.24, 2.45) is 0 Å². The summed E-state index contributed by atoms with van der Waals surface area (Å²) in [6.45, 7) is 0. The van der Waals surface area contributed by atoms with Gasteiger partial charge in [-0.1, -0.05) is 24.3 Å². The van der Waals surface area contributed by atoms with Crippen molar-refractivity contribution >= 4 is 16.0 Å². The number of sulfonamides is 1. The number of nitrogens with one attached hydrogen (secondary N) is 1. The molecule has 0 aliphatic heterocycles. The molecule has 31 heavy (non-hydrogen) atoms. The third kappa shape index (κ3) is 9.16. The number of unbranched alkanes of at least 4 members (excludes halogenated alkanes) is 1. The first-order valence-electron chi connectivity index (χ1n) is 10.3. The third-order valence-electron chi connectivity index (χ3n) is 5.09. The molecule has 0 spiro atoms. The Balaban J connectivity index is 1.92. The Labute approximate surface area is 181 Å². The molecule has 0 aromatic heterocycles. The molecule has 1 aliphatic rings. The highest BCUT2D eigenvalue weighted by Crippen LogP contribution is 2.29. The van der Waals surface area contributed by atoms with Crippen molar-refractivity contribution in [2.45, 2.75) is 64.0 Å². The van der Waals surface area contributed by atoms with Crippen LogP contribution in [0, 0.1) is 0 Å². The molecular weight excluding hydrogens is 431 g/mol. The second kappa shape index (κ2) is 11.4. The Morgan fingerprint density at radius 1 is 1.10 bits per heavy atom. The molecule has 0 atom stereocenters. The first-order chi connectivity index (χ1) is 14.6. The van der Waals surface area contributed by atoms with E-state index in [1.807, 2.05) is 12.2 Å². The molecule has 0 amide bonds. The maximum absolute atomic E-state index is 12.6. The van der Waals surface area contributed by atoms with E-state index in [2.05, 4.69) is 4.72 Å². The second-order valence-corrected chi connectivity index (χ2v) is 9.46. The predicted octanol–water partition coefficient (Wildman–Crippen LogP) is 5.20. The number of carboxylic acids is 1. The van der Waals surface area contributed by atoms with Crippen molar-refractivity contribution in [1.29, 1.82) is 0 Å². The number of aliphatic carboxylic acids is 1. The molecule has 1 aromatic carbocycles. The number of aryl methyl sites for hydroxylation is 1. The Morgan fingerprint density at radius 3 is 2.42 bits per heavy atom. The number of alkyl halides is 3. The maximum Gasteiger partial charge on any atom is 0.416 e. The minimum Gasteiger partial charge on any atom is -0.481 e. The van der Waals surface area contributed by atoms with Crippen molar-refractivity contribution in [1.82, 2.24) is 4.72 Å². The molecule has 0 saturated heterocycles. The summed E-state index contributed by atoms with van der Waals surface area (Å²) < 4.78 is 65.6. The normalized spacial score (nSPS) is 15.5. The van der Waals surface area contributed by atoms with Crippen LogP contribution in [0.1, 0.15) is 62.5 Å². The van der Waals surface area contributed by atoms with Gasteiger partial charge >= 0.3 is 12.1 Å². The summed E-state index contributed by atoms with van der Waals surface area (Å²) in [5.74, 6) is -1.03. The Bertz CT molecular complexity index is 904. The lowest BCUT2D eigenvalue weighted by atomic mass is 9.94. The summed E-state index contributed by atoms with van der Waals surface area (Å²) in [4.78, 5) is 10.5. The molecule has 172 valence electrons.